The van der Waals surface area contributed by atoms with Gasteiger partial charge >= 0.3 is 0 Å². The Morgan fingerprint density at radius 2 is 2.09 bits per heavy atom. The number of H-pyrrole nitrogens is 2. The van der Waals surface area contributed by atoms with E-state index >= 15 is 0 Å². The summed E-state index contributed by atoms with van der Waals surface area (Å²) in [4.78, 5) is 22.2. The molecule has 0 spiro atoms. The highest BCUT2D eigenvalue weighted by atomic mass is 16.1. The van der Waals surface area contributed by atoms with E-state index in [1.54, 1.807) is 6.33 Å². The van der Waals surface area contributed by atoms with E-state index in [1.807, 2.05) is 30.6 Å². The van der Waals surface area contributed by atoms with Crippen LogP contribution < -0.4 is 5.32 Å². The summed E-state index contributed by atoms with van der Waals surface area (Å²) in [7, 11) is 0. The molecule has 0 fully saturated rings. The van der Waals surface area contributed by atoms with Crippen LogP contribution in [0.3, 0.4) is 0 Å². The van der Waals surface area contributed by atoms with Gasteiger partial charge in [-0.2, -0.15) is 0 Å². The molecule has 1 aromatic carbocycles. The van der Waals surface area contributed by atoms with Gasteiger partial charge in [0.15, 0.2) is 0 Å². The predicted octanol–water partition coefficient (Wildman–Crippen LogP) is 2.57. The largest absolute Gasteiger partial charge is 0.361 e. The maximum atomic E-state index is 11.9. The first-order chi connectivity index (χ1) is 10.8. The summed E-state index contributed by atoms with van der Waals surface area (Å²) in [6.07, 6.45) is 8.59. The Kier molecular flexibility index (Phi) is 4.53. The van der Waals surface area contributed by atoms with Crippen molar-refractivity contribution in [1.29, 1.82) is 0 Å². The Morgan fingerprint density at radius 1 is 1.18 bits per heavy atom. The fourth-order valence-electron chi connectivity index (χ4n) is 2.60. The second-order valence-corrected chi connectivity index (χ2v) is 5.39. The number of imidazole rings is 1. The molecule has 0 saturated heterocycles. The van der Waals surface area contributed by atoms with E-state index < -0.39 is 0 Å². The second kappa shape index (κ2) is 6.93. The number of benzene rings is 1. The average Bonchev–Trinajstić information content (AvgIpc) is 3.19. The van der Waals surface area contributed by atoms with E-state index in [9.17, 15) is 4.79 Å². The number of rotatable bonds is 7. The van der Waals surface area contributed by atoms with Gasteiger partial charge in [-0.15, -0.1) is 0 Å². The summed E-state index contributed by atoms with van der Waals surface area (Å²) in [5.41, 5.74) is 3.42. The first-order valence-corrected chi connectivity index (χ1v) is 7.62. The minimum Gasteiger partial charge on any atom is -0.361 e. The van der Waals surface area contributed by atoms with Crippen molar-refractivity contribution in [3.8, 4) is 0 Å². The van der Waals surface area contributed by atoms with Crippen molar-refractivity contribution in [2.24, 2.45) is 0 Å². The third-order valence-corrected chi connectivity index (χ3v) is 3.80. The third-order valence-electron chi connectivity index (χ3n) is 3.80. The van der Waals surface area contributed by atoms with Crippen LogP contribution in [-0.2, 0) is 17.6 Å². The SMILES string of the molecule is O=C(CCc1c[nH]c2ccccc12)NCCCc1cnc[nH]1. The quantitative estimate of drug-likeness (QED) is 0.586. The van der Waals surface area contributed by atoms with Crippen molar-refractivity contribution in [3.05, 3.63) is 54.2 Å². The number of amides is 1. The highest BCUT2D eigenvalue weighted by molar-refractivity contribution is 5.84. The Labute approximate surface area is 129 Å². The molecule has 3 rings (SSSR count). The van der Waals surface area contributed by atoms with Crippen LogP contribution in [0.5, 0.6) is 0 Å². The van der Waals surface area contributed by atoms with Gasteiger partial charge in [0.25, 0.3) is 0 Å². The molecular weight excluding hydrogens is 276 g/mol. The van der Waals surface area contributed by atoms with Crippen LogP contribution in [0, 0.1) is 0 Å². The standard InChI is InChI=1S/C17H20N4O/c22-17(19-9-3-4-14-11-18-12-21-14)8-7-13-10-20-16-6-2-1-5-15(13)16/h1-2,5-6,10-12,20H,3-4,7-9H2,(H,18,21)(H,19,22). The molecule has 3 N–H and O–H groups in total. The van der Waals surface area contributed by atoms with Crippen molar-refractivity contribution in [1.82, 2.24) is 20.3 Å². The van der Waals surface area contributed by atoms with Crippen molar-refractivity contribution < 1.29 is 4.79 Å². The van der Waals surface area contributed by atoms with E-state index in [1.165, 1.54) is 10.9 Å². The first kappa shape index (κ1) is 14.4. The van der Waals surface area contributed by atoms with Gasteiger partial charge in [-0.1, -0.05) is 18.2 Å². The number of nitrogens with zero attached hydrogens (tertiary/aromatic N) is 1. The molecule has 0 aliphatic carbocycles. The van der Waals surface area contributed by atoms with Crippen molar-refractivity contribution in [3.63, 3.8) is 0 Å². The zero-order valence-corrected chi connectivity index (χ0v) is 12.4. The molecule has 0 atom stereocenters. The van der Waals surface area contributed by atoms with Crippen LogP contribution in [0.1, 0.15) is 24.1 Å². The normalized spacial score (nSPS) is 10.9. The number of hydrogen-bond donors (Lipinski definition) is 3. The van der Waals surface area contributed by atoms with Gasteiger partial charge in [0, 0.05) is 42.0 Å². The lowest BCUT2D eigenvalue weighted by atomic mass is 10.1. The van der Waals surface area contributed by atoms with E-state index in [0.29, 0.717) is 13.0 Å². The Hall–Kier alpha value is -2.56. The fourth-order valence-corrected chi connectivity index (χ4v) is 2.60. The smallest absolute Gasteiger partial charge is 0.220 e. The summed E-state index contributed by atoms with van der Waals surface area (Å²) >= 11 is 0. The maximum absolute atomic E-state index is 11.9. The molecule has 2 aromatic heterocycles. The van der Waals surface area contributed by atoms with Crippen LogP contribution in [0.15, 0.2) is 43.0 Å². The Balaban J connectivity index is 1.40. The molecule has 5 nitrogen and oxygen atoms in total. The van der Waals surface area contributed by atoms with E-state index in [2.05, 4.69) is 26.3 Å². The molecule has 0 bridgehead atoms. The zero-order chi connectivity index (χ0) is 15.2. The molecule has 114 valence electrons. The number of para-hydroxylation sites is 1. The van der Waals surface area contributed by atoms with Gasteiger partial charge < -0.3 is 15.3 Å². The number of aryl methyl sites for hydroxylation is 2. The fraction of sp³-hybridized carbons (Fsp3) is 0.294. The van der Waals surface area contributed by atoms with Crippen molar-refractivity contribution in [2.75, 3.05) is 6.54 Å². The summed E-state index contributed by atoms with van der Waals surface area (Å²) in [5.74, 6) is 0.106. The third kappa shape index (κ3) is 3.55. The van der Waals surface area contributed by atoms with Crippen LogP contribution in [0.4, 0.5) is 0 Å². The van der Waals surface area contributed by atoms with Crippen LogP contribution in [0.25, 0.3) is 10.9 Å². The second-order valence-electron chi connectivity index (χ2n) is 5.39. The highest BCUT2D eigenvalue weighted by Gasteiger charge is 2.06. The molecular formula is C17H20N4O. The number of fused-ring (bicyclic) bond motifs is 1. The Morgan fingerprint density at radius 3 is 2.95 bits per heavy atom. The zero-order valence-electron chi connectivity index (χ0n) is 12.4. The maximum Gasteiger partial charge on any atom is 0.220 e. The van der Waals surface area contributed by atoms with E-state index in [0.717, 1.165) is 30.5 Å². The minimum absolute atomic E-state index is 0.106. The van der Waals surface area contributed by atoms with Crippen LogP contribution in [-0.4, -0.2) is 27.4 Å². The molecule has 0 radical (unpaired) electrons. The molecule has 0 aliphatic rings. The number of hydrogen-bond acceptors (Lipinski definition) is 2. The number of carbonyl (C=O) groups is 1. The average molecular weight is 296 g/mol. The lowest BCUT2D eigenvalue weighted by Crippen LogP contribution is -2.24. The number of aromatic amines is 2. The summed E-state index contributed by atoms with van der Waals surface area (Å²) in [5, 5.41) is 4.18. The first-order valence-electron chi connectivity index (χ1n) is 7.62. The van der Waals surface area contributed by atoms with Gasteiger partial charge in [-0.25, -0.2) is 4.98 Å². The number of aromatic nitrogens is 3. The van der Waals surface area contributed by atoms with Gasteiger partial charge in [0.2, 0.25) is 5.91 Å². The molecule has 22 heavy (non-hydrogen) atoms. The lowest BCUT2D eigenvalue weighted by Gasteiger charge is -2.04. The van der Waals surface area contributed by atoms with Crippen LogP contribution >= 0.6 is 0 Å². The van der Waals surface area contributed by atoms with Crippen molar-refractivity contribution in [2.45, 2.75) is 25.7 Å². The van der Waals surface area contributed by atoms with E-state index in [-0.39, 0.29) is 5.91 Å². The van der Waals surface area contributed by atoms with Gasteiger partial charge in [0.1, 0.15) is 0 Å². The molecule has 3 aromatic rings. The number of carbonyl (C=O) groups excluding carboxylic acids is 1. The predicted molar refractivity (Wildman–Crippen MR) is 86.5 cm³/mol. The van der Waals surface area contributed by atoms with Gasteiger partial charge in [-0.05, 0) is 30.9 Å². The molecule has 0 saturated carbocycles. The summed E-state index contributed by atoms with van der Waals surface area (Å²) in [6.45, 7) is 0.700. The molecule has 5 heteroatoms. The van der Waals surface area contributed by atoms with E-state index in [4.69, 9.17) is 0 Å². The molecule has 0 aliphatic heterocycles. The monoisotopic (exact) mass is 296 g/mol. The number of nitrogens with one attached hydrogen (secondary N) is 3. The van der Waals surface area contributed by atoms with Crippen LogP contribution in [0.2, 0.25) is 0 Å². The topological polar surface area (TPSA) is 73.6 Å². The van der Waals surface area contributed by atoms with Gasteiger partial charge in [0.05, 0.1) is 6.33 Å². The molecule has 2 heterocycles. The Bertz CT molecular complexity index is 730. The van der Waals surface area contributed by atoms with Gasteiger partial charge in [-0.3, -0.25) is 4.79 Å². The summed E-state index contributed by atoms with van der Waals surface area (Å²) < 4.78 is 0. The van der Waals surface area contributed by atoms with Crippen molar-refractivity contribution >= 4 is 16.8 Å². The molecule has 1 amide bonds. The minimum atomic E-state index is 0.106. The summed E-state index contributed by atoms with van der Waals surface area (Å²) in [6, 6.07) is 8.17. The highest BCUT2D eigenvalue weighted by Crippen LogP contribution is 2.18. The molecule has 0 unspecified atom stereocenters. The lowest BCUT2D eigenvalue weighted by molar-refractivity contribution is -0.121.